The van der Waals surface area contributed by atoms with Crippen LogP contribution in [0.5, 0.6) is 0 Å². The highest BCUT2D eigenvalue weighted by atomic mass is 32.2. The Labute approximate surface area is 118 Å². The van der Waals surface area contributed by atoms with Gasteiger partial charge in [0.2, 0.25) is 0 Å². The standard InChI is InChI=1S/C17H19OS/c1-3-7-15(8-4-1)13-18-16-11-12-19(14-16)17-9-5-2-6-10-17/h1-10,16H,11-14H2/q+1. The molecule has 0 spiro atoms. The molecule has 0 amide bonds. The molecule has 1 saturated heterocycles. The largest absolute Gasteiger partial charge is 0.368 e. The topological polar surface area (TPSA) is 9.23 Å². The van der Waals surface area contributed by atoms with Gasteiger partial charge in [-0.25, -0.2) is 0 Å². The van der Waals surface area contributed by atoms with Crippen LogP contribution in [0, 0.1) is 0 Å². The maximum atomic E-state index is 6.05. The fourth-order valence-electron chi connectivity index (χ4n) is 2.41. The fraction of sp³-hybridized carbons (Fsp3) is 0.294. The summed E-state index contributed by atoms with van der Waals surface area (Å²) in [5.74, 6) is 2.47. The van der Waals surface area contributed by atoms with Crippen molar-refractivity contribution < 1.29 is 4.74 Å². The highest BCUT2D eigenvalue weighted by Crippen LogP contribution is 2.25. The van der Waals surface area contributed by atoms with Crippen LogP contribution in [-0.4, -0.2) is 17.6 Å². The smallest absolute Gasteiger partial charge is 0.154 e. The van der Waals surface area contributed by atoms with Gasteiger partial charge in [-0.15, -0.1) is 0 Å². The van der Waals surface area contributed by atoms with E-state index in [2.05, 4.69) is 54.6 Å². The molecule has 3 rings (SSSR count). The van der Waals surface area contributed by atoms with Gasteiger partial charge in [0.25, 0.3) is 0 Å². The van der Waals surface area contributed by atoms with Crippen LogP contribution in [0.25, 0.3) is 0 Å². The van der Waals surface area contributed by atoms with Gasteiger partial charge >= 0.3 is 0 Å². The van der Waals surface area contributed by atoms with Crippen molar-refractivity contribution in [2.75, 3.05) is 11.5 Å². The average molecular weight is 271 g/mol. The SMILES string of the molecule is c1ccc(COC2CC[S+](c3ccccc3)C2)cc1. The molecule has 0 N–H and O–H groups in total. The number of benzene rings is 2. The van der Waals surface area contributed by atoms with Gasteiger partial charge in [0.15, 0.2) is 4.90 Å². The van der Waals surface area contributed by atoms with Crippen LogP contribution in [0.4, 0.5) is 0 Å². The zero-order chi connectivity index (χ0) is 12.9. The molecule has 1 nitrogen and oxygen atoms in total. The number of hydrogen-bond acceptors (Lipinski definition) is 1. The molecule has 2 unspecified atom stereocenters. The lowest BCUT2D eigenvalue weighted by Gasteiger charge is -2.08. The maximum Gasteiger partial charge on any atom is 0.154 e. The van der Waals surface area contributed by atoms with E-state index in [0.29, 0.717) is 17.0 Å². The van der Waals surface area contributed by atoms with Crippen LogP contribution in [0.1, 0.15) is 12.0 Å². The summed E-state index contributed by atoms with van der Waals surface area (Å²) in [7, 11) is 0.396. The number of hydrogen-bond donors (Lipinski definition) is 0. The minimum absolute atomic E-state index is 0.396. The van der Waals surface area contributed by atoms with Gasteiger partial charge in [-0.2, -0.15) is 0 Å². The molecule has 0 bridgehead atoms. The monoisotopic (exact) mass is 271 g/mol. The summed E-state index contributed by atoms with van der Waals surface area (Å²) in [6.45, 7) is 0.748. The zero-order valence-electron chi connectivity index (χ0n) is 11.0. The van der Waals surface area contributed by atoms with Crippen molar-refractivity contribution >= 4 is 10.9 Å². The quantitative estimate of drug-likeness (QED) is 0.771. The Balaban J connectivity index is 1.52. The first kappa shape index (κ1) is 12.8. The van der Waals surface area contributed by atoms with Gasteiger partial charge in [0, 0.05) is 17.3 Å². The molecule has 0 aromatic heterocycles. The van der Waals surface area contributed by atoms with Crippen LogP contribution in [0.2, 0.25) is 0 Å². The van der Waals surface area contributed by atoms with Crippen LogP contribution in [0.3, 0.4) is 0 Å². The molecule has 1 aliphatic rings. The van der Waals surface area contributed by atoms with E-state index in [1.165, 1.54) is 28.4 Å². The van der Waals surface area contributed by atoms with Crippen molar-refractivity contribution in [1.29, 1.82) is 0 Å². The summed E-state index contributed by atoms with van der Waals surface area (Å²) in [6, 6.07) is 21.3. The van der Waals surface area contributed by atoms with Crippen molar-refractivity contribution in [2.45, 2.75) is 24.0 Å². The molecule has 0 saturated carbocycles. The van der Waals surface area contributed by atoms with E-state index in [1.807, 2.05) is 6.07 Å². The molecule has 98 valence electrons. The maximum absolute atomic E-state index is 6.05. The summed E-state index contributed by atoms with van der Waals surface area (Å²) in [6.07, 6.45) is 1.63. The average Bonchev–Trinajstić information content (AvgIpc) is 2.96. The normalized spacial score (nSPS) is 22.5. The molecule has 1 aliphatic heterocycles. The van der Waals surface area contributed by atoms with Gasteiger partial charge in [-0.1, -0.05) is 48.5 Å². The summed E-state index contributed by atoms with van der Waals surface area (Å²) in [5.41, 5.74) is 1.27. The van der Waals surface area contributed by atoms with E-state index in [9.17, 15) is 0 Å². The van der Waals surface area contributed by atoms with E-state index < -0.39 is 0 Å². The van der Waals surface area contributed by atoms with Crippen LogP contribution in [0.15, 0.2) is 65.6 Å². The third-order valence-corrected chi connectivity index (χ3v) is 5.92. The van der Waals surface area contributed by atoms with Crippen LogP contribution in [-0.2, 0) is 22.2 Å². The van der Waals surface area contributed by atoms with E-state index >= 15 is 0 Å². The van der Waals surface area contributed by atoms with E-state index in [4.69, 9.17) is 4.74 Å². The predicted molar refractivity (Wildman–Crippen MR) is 81.4 cm³/mol. The molecule has 2 atom stereocenters. The van der Waals surface area contributed by atoms with Gasteiger partial charge in [0.05, 0.1) is 6.61 Å². The second kappa shape index (κ2) is 6.27. The van der Waals surface area contributed by atoms with E-state index in [-0.39, 0.29) is 0 Å². The summed E-state index contributed by atoms with van der Waals surface area (Å²) in [4.78, 5) is 1.49. The number of rotatable bonds is 4. The van der Waals surface area contributed by atoms with Gasteiger partial charge in [-0.3, -0.25) is 0 Å². The first-order valence-electron chi connectivity index (χ1n) is 6.80. The molecule has 1 fully saturated rings. The third-order valence-electron chi connectivity index (χ3n) is 3.48. The zero-order valence-corrected chi connectivity index (χ0v) is 11.8. The Morgan fingerprint density at radius 2 is 1.63 bits per heavy atom. The minimum Gasteiger partial charge on any atom is -0.368 e. The van der Waals surface area contributed by atoms with Crippen molar-refractivity contribution in [3.63, 3.8) is 0 Å². The van der Waals surface area contributed by atoms with Gasteiger partial charge in [-0.05, 0) is 17.7 Å². The molecule has 1 heterocycles. The first-order chi connectivity index (χ1) is 9.42. The second-order valence-corrected chi connectivity index (χ2v) is 7.08. The summed E-state index contributed by atoms with van der Waals surface area (Å²) >= 11 is 0. The Bertz CT molecular complexity index is 497. The van der Waals surface area contributed by atoms with Gasteiger partial charge in [0.1, 0.15) is 17.6 Å². The van der Waals surface area contributed by atoms with Crippen molar-refractivity contribution in [2.24, 2.45) is 0 Å². The molecule has 0 aliphatic carbocycles. The molecule has 19 heavy (non-hydrogen) atoms. The molecule has 2 aromatic carbocycles. The second-order valence-electron chi connectivity index (χ2n) is 4.88. The van der Waals surface area contributed by atoms with Crippen molar-refractivity contribution in [3.8, 4) is 0 Å². The first-order valence-corrected chi connectivity index (χ1v) is 8.36. The lowest BCUT2D eigenvalue weighted by molar-refractivity contribution is 0.0582. The van der Waals surface area contributed by atoms with Crippen molar-refractivity contribution in [3.05, 3.63) is 66.2 Å². The summed E-state index contributed by atoms with van der Waals surface area (Å²) in [5, 5.41) is 0. The third kappa shape index (κ3) is 3.40. The van der Waals surface area contributed by atoms with E-state index in [0.717, 1.165) is 6.61 Å². The fourth-order valence-corrected chi connectivity index (χ4v) is 4.81. The molecular formula is C17H19OS+. The van der Waals surface area contributed by atoms with Crippen molar-refractivity contribution in [1.82, 2.24) is 0 Å². The Kier molecular flexibility index (Phi) is 4.21. The molecule has 2 aromatic rings. The van der Waals surface area contributed by atoms with Gasteiger partial charge < -0.3 is 4.74 Å². The minimum atomic E-state index is 0.396. The van der Waals surface area contributed by atoms with Crippen LogP contribution >= 0.6 is 0 Å². The molecule has 0 radical (unpaired) electrons. The lowest BCUT2D eigenvalue weighted by Crippen LogP contribution is -2.14. The molecule has 2 heteroatoms. The molecular weight excluding hydrogens is 252 g/mol. The van der Waals surface area contributed by atoms with E-state index in [1.54, 1.807) is 0 Å². The highest BCUT2D eigenvalue weighted by molar-refractivity contribution is 7.97. The Morgan fingerprint density at radius 1 is 0.947 bits per heavy atom. The number of ether oxygens (including phenoxy) is 1. The highest BCUT2D eigenvalue weighted by Gasteiger charge is 2.34. The van der Waals surface area contributed by atoms with Crippen LogP contribution < -0.4 is 0 Å². The Morgan fingerprint density at radius 3 is 2.37 bits per heavy atom. The lowest BCUT2D eigenvalue weighted by atomic mass is 10.2. The predicted octanol–water partition coefficient (Wildman–Crippen LogP) is 3.65. The summed E-state index contributed by atoms with van der Waals surface area (Å²) < 4.78 is 6.05. The Hall–Kier alpha value is -1.25.